The predicted octanol–water partition coefficient (Wildman–Crippen LogP) is 3.09. The molecule has 0 N–H and O–H groups in total. The Balaban J connectivity index is 2.68. The number of rotatable bonds is 4. The van der Waals surface area contributed by atoms with Gasteiger partial charge in [0.2, 0.25) is 0 Å². The van der Waals surface area contributed by atoms with Crippen molar-refractivity contribution in [2.24, 2.45) is 7.05 Å². The zero-order valence-electron chi connectivity index (χ0n) is 12.1. The van der Waals surface area contributed by atoms with E-state index in [2.05, 4.69) is 0 Å². The molecule has 2 rings (SSSR count). The summed E-state index contributed by atoms with van der Waals surface area (Å²) in [6.45, 7) is 3.76. The minimum absolute atomic E-state index is 0.0337. The number of hydrogen-bond acceptors (Lipinski definition) is 4. The first kappa shape index (κ1) is 14.8. The molecule has 0 fully saturated rings. The summed E-state index contributed by atoms with van der Waals surface area (Å²) in [5.41, 5.74) is 1.97. The molecule has 0 amide bonds. The first-order chi connectivity index (χ1) is 9.97. The van der Waals surface area contributed by atoms with Gasteiger partial charge in [-0.15, -0.1) is 0 Å². The number of esters is 1. The zero-order chi connectivity index (χ0) is 15.6. The van der Waals surface area contributed by atoms with Crippen LogP contribution in [0.2, 0.25) is 0 Å². The van der Waals surface area contributed by atoms with Gasteiger partial charge in [0.05, 0.1) is 22.7 Å². The van der Waals surface area contributed by atoms with Crippen molar-refractivity contribution in [2.75, 3.05) is 6.61 Å². The van der Waals surface area contributed by atoms with Crippen LogP contribution in [0.5, 0.6) is 0 Å². The SMILES string of the molecule is CCOC(=O)c1c(-c2ccccc2[N+](=O)[O-])cn(C)c1C. The highest BCUT2D eigenvalue weighted by molar-refractivity contribution is 6.00. The molecule has 6 heteroatoms. The Morgan fingerprint density at radius 3 is 2.62 bits per heavy atom. The Labute approximate surface area is 122 Å². The van der Waals surface area contributed by atoms with Crippen LogP contribution in [0.3, 0.4) is 0 Å². The average Bonchev–Trinajstić information content (AvgIpc) is 2.75. The fourth-order valence-corrected chi connectivity index (χ4v) is 2.25. The molecule has 21 heavy (non-hydrogen) atoms. The average molecular weight is 288 g/mol. The molecule has 0 saturated heterocycles. The number of para-hydroxylation sites is 1. The van der Waals surface area contributed by atoms with Gasteiger partial charge in [0.15, 0.2) is 0 Å². The fourth-order valence-electron chi connectivity index (χ4n) is 2.25. The number of nitro groups is 1. The van der Waals surface area contributed by atoms with E-state index >= 15 is 0 Å². The van der Waals surface area contributed by atoms with E-state index < -0.39 is 10.9 Å². The van der Waals surface area contributed by atoms with Gasteiger partial charge in [0, 0.05) is 30.6 Å². The van der Waals surface area contributed by atoms with Crippen LogP contribution in [-0.4, -0.2) is 22.1 Å². The number of nitro benzene ring substituents is 1. The molecule has 0 aliphatic carbocycles. The van der Waals surface area contributed by atoms with Crippen LogP contribution in [0, 0.1) is 17.0 Å². The Kier molecular flexibility index (Phi) is 4.07. The summed E-state index contributed by atoms with van der Waals surface area (Å²) < 4.78 is 6.82. The molecule has 0 radical (unpaired) electrons. The highest BCUT2D eigenvalue weighted by atomic mass is 16.6. The van der Waals surface area contributed by atoms with Crippen molar-refractivity contribution in [3.8, 4) is 11.1 Å². The maximum Gasteiger partial charge on any atom is 0.340 e. The minimum atomic E-state index is -0.469. The van der Waals surface area contributed by atoms with Crippen LogP contribution in [0.1, 0.15) is 23.0 Å². The second-order valence-corrected chi connectivity index (χ2v) is 4.61. The van der Waals surface area contributed by atoms with Crippen molar-refractivity contribution in [3.63, 3.8) is 0 Å². The molecule has 1 aromatic heterocycles. The van der Waals surface area contributed by atoms with Gasteiger partial charge < -0.3 is 9.30 Å². The Morgan fingerprint density at radius 1 is 1.33 bits per heavy atom. The highest BCUT2D eigenvalue weighted by Crippen LogP contribution is 2.34. The Bertz CT molecular complexity index is 704. The number of carbonyl (C=O) groups excluding carboxylic acids is 1. The molecule has 0 unspecified atom stereocenters. The molecule has 6 nitrogen and oxygen atoms in total. The number of aryl methyl sites for hydroxylation is 1. The largest absolute Gasteiger partial charge is 0.462 e. The summed E-state index contributed by atoms with van der Waals surface area (Å²) in [4.78, 5) is 22.9. The van der Waals surface area contributed by atoms with Gasteiger partial charge in [-0.05, 0) is 19.9 Å². The summed E-state index contributed by atoms with van der Waals surface area (Å²) in [6, 6.07) is 6.36. The maximum absolute atomic E-state index is 12.1. The van der Waals surface area contributed by atoms with Crippen LogP contribution in [0.25, 0.3) is 11.1 Å². The Morgan fingerprint density at radius 2 is 2.00 bits per heavy atom. The van der Waals surface area contributed by atoms with E-state index in [0.29, 0.717) is 22.4 Å². The third-order valence-electron chi connectivity index (χ3n) is 3.35. The molecule has 0 atom stereocenters. The lowest BCUT2D eigenvalue weighted by Crippen LogP contribution is -2.07. The van der Waals surface area contributed by atoms with E-state index in [0.717, 1.165) is 0 Å². The molecule has 1 heterocycles. The Hall–Kier alpha value is -2.63. The summed E-state index contributed by atoms with van der Waals surface area (Å²) >= 11 is 0. The summed E-state index contributed by atoms with van der Waals surface area (Å²) in [5.74, 6) is -0.469. The van der Waals surface area contributed by atoms with Gasteiger partial charge in [0.1, 0.15) is 0 Å². The molecule has 0 aliphatic heterocycles. The van der Waals surface area contributed by atoms with Crippen LogP contribution >= 0.6 is 0 Å². The molecule has 110 valence electrons. The summed E-state index contributed by atoms with van der Waals surface area (Å²) in [6.07, 6.45) is 1.71. The van der Waals surface area contributed by atoms with Crippen LogP contribution in [0.4, 0.5) is 5.69 Å². The van der Waals surface area contributed by atoms with Crippen molar-refractivity contribution in [3.05, 3.63) is 51.8 Å². The normalized spacial score (nSPS) is 10.4. The van der Waals surface area contributed by atoms with E-state index in [4.69, 9.17) is 4.74 Å². The molecule has 2 aromatic rings. The van der Waals surface area contributed by atoms with Crippen molar-refractivity contribution < 1.29 is 14.5 Å². The molecular weight excluding hydrogens is 272 g/mol. The van der Waals surface area contributed by atoms with E-state index in [1.807, 2.05) is 0 Å². The molecule has 0 bridgehead atoms. The third-order valence-corrected chi connectivity index (χ3v) is 3.35. The van der Waals surface area contributed by atoms with Gasteiger partial charge in [0.25, 0.3) is 5.69 Å². The third kappa shape index (κ3) is 2.65. The molecule has 0 saturated carbocycles. The quantitative estimate of drug-likeness (QED) is 0.492. The summed E-state index contributed by atoms with van der Waals surface area (Å²) in [7, 11) is 1.79. The van der Waals surface area contributed by atoms with E-state index in [1.54, 1.807) is 49.9 Å². The monoisotopic (exact) mass is 288 g/mol. The standard InChI is InChI=1S/C15H16N2O4/c1-4-21-15(18)14-10(2)16(3)9-12(14)11-7-5-6-8-13(11)17(19)20/h5-9H,4H2,1-3H3. The molecule has 0 spiro atoms. The summed E-state index contributed by atoms with van der Waals surface area (Å²) in [5, 5.41) is 11.2. The van der Waals surface area contributed by atoms with Gasteiger partial charge in [-0.1, -0.05) is 12.1 Å². The number of carbonyl (C=O) groups is 1. The second-order valence-electron chi connectivity index (χ2n) is 4.61. The second kappa shape index (κ2) is 5.78. The van der Waals surface area contributed by atoms with E-state index in [1.165, 1.54) is 6.07 Å². The van der Waals surface area contributed by atoms with Crippen LogP contribution in [0.15, 0.2) is 30.5 Å². The fraction of sp³-hybridized carbons (Fsp3) is 0.267. The van der Waals surface area contributed by atoms with Gasteiger partial charge in [-0.25, -0.2) is 4.79 Å². The van der Waals surface area contributed by atoms with Crippen molar-refractivity contribution in [1.82, 2.24) is 4.57 Å². The first-order valence-electron chi connectivity index (χ1n) is 6.54. The number of aromatic nitrogens is 1. The molecule has 0 aliphatic rings. The van der Waals surface area contributed by atoms with Gasteiger partial charge >= 0.3 is 5.97 Å². The maximum atomic E-state index is 12.1. The van der Waals surface area contributed by atoms with Crippen molar-refractivity contribution in [2.45, 2.75) is 13.8 Å². The number of ether oxygens (including phenoxy) is 1. The highest BCUT2D eigenvalue weighted by Gasteiger charge is 2.25. The predicted molar refractivity (Wildman–Crippen MR) is 78.2 cm³/mol. The van der Waals surface area contributed by atoms with Crippen LogP contribution in [-0.2, 0) is 11.8 Å². The smallest absolute Gasteiger partial charge is 0.340 e. The zero-order valence-corrected chi connectivity index (χ0v) is 12.1. The topological polar surface area (TPSA) is 74.4 Å². The lowest BCUT2D eigenvalue weighted by Gasteiger charge is -2.06. The van der Waals surface area contributed by atoms with Crippen molar-refractivity contribution in [1.29, 1.82) is 0 Å². The first-order valence-corrected chi connectivity index (χ1v) is 6.54. The van der Waals surface area contributed by atoms with Crippen molar-refractivity contribution >= 4 is 11.7 Å². The van der Waals surface area contributed by atoms with E-state index in [9.17, 15) is 14.9 Å². The molecular formula is C15H16N2O4. The lowest BCUT2D eigenvalue weighted by molar-refractivity contribution is -0.384. The molecule has 1 aromatic carbocycles. The van der Waals surface area contributed by atoms with Crippen LogP contribution < -0.4 is 0 Å². The van der Waals surface area contributed by atoms with E-state index in [-0.39, 0.29) is 12.3 Å². The van der Waals surface area contributed by atoms with Gasteiger partial charge in [-0.3, -0.25) is 10.1 Å². The number of hydrogen-bond donors (Lipinski definition) is 0. The number of benzene rings is 1. The lowest BCUT2D eigenvalue weighted by atomic mass is 10.0. The minimum Gasteiger partial charge on any atom is -0.462 e. The van der Waals surface area contributed by atoms with Gasteiger partial charge in [-0.2, -0.15) is 0 Å². The number of nitrogens with zero attached hydrogens (tertiary/aromatic N) is 2.